The number of nitrogens with one attached hydrogen (secondary N) is 1. The fraction of sp³-hybridized carbons (Fsp3) is 0.476. The van der Waals surface area contributed by atoms with Crippen LogP contribution in [0.25, 0.3) is 11.2 Å². The molecule has 3 N–H and O–H groups in total. The van der Waals surface area contributed by atoms with E-state index in [-0.39, 0.29) is 30.9 Å². The van der Waals surface area contributed by atoms with Gasteiger partial charge in [-0.2, -0.15) is 4.98 Å². The summed E-state index contributed by atoms with van der Waals surface area (Å²) >= 11 is 10.3. The van der Waals surface area contributed by atoms with Crippen LogP contribution in [0.1, 0.15) is 0 Å². The number of fused-ring (bicyclic) bond motifs is 1. The number of H-pyrrole nitrogens is 1. The van der Waals surface area contributed by atoms with Crippen LogP contribution in [-0.2, 0) is 13.6 Å². The van der Waals surface area contributed by atoms with Gasteiger partial charge in [-0.25, -0.2) is 4.79 Å². The predicted molar refractivity (Wildman–Crippen MR) is 142 cm³/mol. The van der Waals surface area contributed by atoms with Crippen molar-refractivity contribution in [3.05, 3.63) is 46.4 Å². The second kappa shape index (κ2) is 11.1. The molecule has 14 heteroatoms. The standard InChI is InChI=1S/C21H25Br3N6O5/c1-27-18-16(19(33)26-21(27)34)30(20(25-18)29-4-2-28(3-5-29)6-7-31)10-13(32)11-35-17-14(23)8-12(22)9-15(17)24/h8-9,13,31-32H,2-7,10-11H2,1H3,(H,26,33,34)/t13-/m0/s1. The average molecular weight is 681 g/mol. The first-order valence-corrected chi connectivity index (χ1v) is 13.3. The molecule has 4 rings (SSSR count). The normalized spacial score (nSPS) is 15.7. The van der Waals surface area contributed by atoms with Gasteiger partial charge in [-0.1, -0.05) is 15.9 Å². The van der Waals surface area contributed by atoms with E-state index in [1.165, 1.54) is 4.57 Å². The summed E-state index contributed by atoms with van der Waals surface area (Å²) < 4.78 is 11.1. The van der Waals surface area contributed by atoms with E-state index in [1.807, 2.05) is 17.0 Å². The molecule has 35 heavy (non-hydrogen) atoms. The first kappa shape index (κ1) is 26.4. The smallest absolute Gasteiger partial charge is 0.329 e. The maximum atomic E-state index is 12.8. The van der Waals surface area contributed by atoms with Crippen molar-refractivity contribution in [1.29, 1.82) is 0 Å². The zero-order valence-electron chi connectivity index (χ0n) is 18.9. The van der Waals surface area contributed by atoms with E-state index in [1.54, 1.807) is 11.6 Å². The molecule has 1 aromatic carbocycles. The van der Waals surface area contributed by atoms with E-state index in [2.05, 4.69) is 62.7 Å². The summed E-state index contributed by atoms with van der Waals surface area (Å²) in [6.45, 7) is 3.37. The highest BCUT2D eigenvalue weighted by atomic mass is 79.9. The Morgan fingerprint density at radius 2 is 1.80 bits per heavy atom. The molecule has 0 spiro atoms. The molecule has 1 aliphatic heterocycles. The Labute approximate surface area is 225 Å². The van der Waals surface area contributed by atoms with Gasteiger partial charge in [0.25, 0.3) is 5.56 Å². The van der Waals surface area contributed by atoms with Gasteiger partial charge >= 0.3 is 5.69 Å². The number of hydrogen-bond donors (Lipinski definition) is 3. The SMILES string of the molecule is Cn1c(=O)[nH]c(=O)c2c1nc(N1CCN(CCO)CC1)n2C[C@H](O)COc1c(Br)cc(Br)cc1Br. The number of aliphatic hydroxyl groups is 2. The molecule has 1 atom stereocenters. The minimum absolute atomic E-state index is 0.0358. The molecule has 0 saturated carbocycles. The Hall–Kier alpha value is -1.71. The number of anilines is 1. The highest BCUT2D eigenvalue weighted by Gasteiger charge is 2.26. The van der Waals surface area contributed by atoms with Crippen molar-refractivity contribution in [2.24, 2.45) is 7.05 Å². The van der Waals surface area contributed by atoms with E-state index >= 15 is 0 Å². The van der Waals surface area contributed by atoms with Crippen LogP contribution in [0.3, 0.4) is 0 Å². The van der Waals surface area contributed by atoms with Gasteiger partial charge in [0.2, 0.25) is 5.95 Å². The van der Waals surface area contributed by atoms with Crippen LogP contribution in [0.5, 0.6) is 5.75 Å². The van der Waals surface area contributed by atoms with Crippen LogP contribution in [0.2, 0.25) is 0 Å². The minimum atomic E-state index is -0.971. The molecule has 1 saturated heterocycles. The molecule has 3 heterocycles. The topological polar surface area (TPSA) is 129 Å². The second-order valence-corrected chi connectivity index (χ2v) is 10.9. The molecule has 3 aromatic rings. The minimum Gasteiger partial charge on any atom is -0.488 e. The van der Waals surface area contributed by atoms with E-state index in [9.17, 15) is 19.8 Å². The quantitative estimate of drug-likeness (QED) is 0.325. The lowest BCUT2D eigenvalue weighted by Gasteiger charge is -2.35. The Morgan fingerprint density at radius 3 is 2.43 bits per heavy atom. The number of halogens is 3. The van der Waals surface area contributed by atoms with Gasteiger partial charge in [0.05, 0.1) is 22.1 Å². The summed E-state index contributed by atoms with van der Waals surface area (Å²) in [5.74, 6) is 1.05. The summed E-state index contributed by atoms with van der Waals surface area (Å²) in [4.78, 5) is 36.1. The summed E-state index contributed by atoms with van der Waals surface area (Å²) in [7, 11) is 1.54. The lowest BCUT2D eigenvalue weighted by Crippen LogP contribution is -2.48. The van der Waals surface area contributed by atoms with Crippen molar-refractivity contribution in [3.8, 4) is 5.75 Å². The van der Waals surface area contributed by atoms with Crippen molar-refractivity contribution in [1.82, 2.24) is 24.0 Å². The number of rotatable bonds is 8. The Morgan fingerprint density at radius 1 is 1.14 bits per heavy atom. The van der Waals surface area contributed by atoms with E-state index < -0.39 is 17.4 Å². The van der Waals surface area contributed by atoms with Crippen molar-refractivity contribution in [3.63, 3.8) is 0 Å². The van der Waals surface area contributed by atoms with Crippen molar-refractivity contribution in [2.75, 3.05) is 50.8 Å². The van der Waals surface area contributed by atoms with Gasteiger partial charge in [-0.3, -0.25) is 19.2 Å². The van der Waals surface area contributed by atoms with Gasteiger partial charge in [-0.15, -0.1) is 0 Å². The van der Waals surface area contributed by atoms with Crippen molar-refractivity contribution < 1.29 is 14.9 Å². The molecule has 190 valence electrons. The van der Waals surface area contributed by atoms with Crippen LogP contribution in [-0.4, -0.2) is 86.3 Å². The molecule has 0 amide bonds. The Bertz CT molecular complexity index is 1310. The maximum Gasteiger partial charge on any atom is 0.329 e. The van der Waals surface area contributed by atoms with Crippen molar-refractivity contribution >= 4 is 64.9 Å². The Kier molecular flexibility index (Phi) is 8.38. The molecule has 0 radical (unpaired) electrons. The number of aliphatic hydroxyl groups excluding tert-OH is 2. The van der Waals surface area contributed by atoms with Crippen molar-refractivity contribution in [2.45, 2.75) is 12.6 Å². The number of aryl methyl sites for hydroxylation is 1. The largest absolute Gasteiger partial charge is 0.488 e. The lowest BCUT2D eigenvalue weighted by atomic mass is 10.3. The van der Waals surface area contributed by atoms with Gasteiger partial charge in [0, 0.05) is 44.2 Å². The van der Waals surface area contributed by atoms with Crippen LogP contribution in [0.15, 0.2) is 35.1 Å². The van der Waals surface area contributed by atoms with Crippen LogP contribution in [0.4, 0.5) is 5.95 Å². The third-order valence-electron chi connectivity index (χ3n) is 5.83. The molecular formula is C21H25Br3N6O5. The van der Waals surface area contributed by atoms with Gasteiger partial charge in [-0.05, 0) is 44.0 Å². The molecule has 0 bridgehead atoms. The molecular weight excluding hydrogens is 656 g/mol. The molecule has 11 nitrogen and oxygen atoms in total. The number of β-amino-alcohol motifs (C(OH)–C–C–N with tert-alkyl or cyclic N) is 1. The fourth-order valence-corrected chi connectivity index (χ4v) is 6.55. The Balaban J connectivity index is 1.63. The number of nitrogens with zero attached hydrogens (tertiary/aromatic N) is 5. The molecule has 0 aliphatic carbocycles. The van der Waals surface area contributed by atoms with Crippen LogP contribution < -0.4 is 20.9 Å². The van der Waals surface area contributed by atoms with E-state index in [0.29, 0.717) is 40.3 Å². The number of aromatic amines is 1. The zero-order valence-corrected chi connectivity index (χ0v) is 23.6. The van der Waals surface area contributed by atoms with E-state index in [4.69, 9.17) is 4.74 Å². The summed E-state index contributed by atoms with van der Waals surface area (Å²) in [6, 6.07) is 3.68. The number of benzene rings is 1. The predicted octanol–water partition coefficient (Wildman–Crippen LogP) is 1.27. The number of aromatic nitrogens is 4. The maximum absolute atomic E-state index is 12.8. The lowest BCUT2D eigenvalue weighted by molar-refractivity contribution is 0.0927. The van der Waals surface area contributed by atoms with Crippen LogP contribution >= 0.6 is 47.8 Å². The van der Waals surface area contributed by atoms with Gasteiger partial charge < -0.3 is 24.4 Å². The molecule has 1 aliphatic rings. The zero-order chi connectivity index (χ0) is 25.3. The fourth-order valence-electron chi connectivity index (χ4n) is 4.06. The summed E-state index contributed by atoms with van der Waals surface area (Å²) in [6.07, 6.45) is -0.971. The highest BCUT2D eigenvalue weighted by Crippen LogP contribution is 2.36. The first-order valence-electron chi connectivity index (χ1n) is 10.9. The summed E-state index contributed by atoms with van der Waals surface area (Å²) in [5, 5.41) is 20.1. The summed E-state index contributed by atoms with van der Waals surface area (Å²) in [5.41, 5.74) is -0.657. The van der Waals surface area contributed by atoms with Gasteiger partial charge in [0.1, 0.15) is 18.5 Å². The monoisotopic (exact) mass is 678 g/mol. The number of imidazole rings is 1. The van der Waals surface area contributed by atoms with Crippen LogP contribution in [0, 0.1) is 0 Å². The average Bonchev–Trinajstić information content (AvgIpc) is 3.17. The number of hydrogen-bond acceptors (Lipinski definition) is 8. The third-order valence-corrected chi connectivity index (χ3v) is 7.47. The number of ether oxygens (including phenoxy) is 1. The van der Waals surface area contributed by atoms with E-state index in [0.717, 1.165) is 17.6 Å². The molecule has 2 aromatic heterocycles. The number of piperazine rings is 1. The van der Waals surface area contributed by atoms with Gasteiger partial charge in [0.15, 0.2) is 11.2 Å². The first-order chi connectivity index (χ1) is 16.7. The second-order valence-electron chi connectivity index (χ2n) is 8.23. The molecule has 0 unspecified atom stereocenters. The molecule has 1 fully saturated rings. The highest BCUT2D eigenvalue weighted by molar-refractivity contribution is 9.11. The third kappa shape index (κ3) is 5.67.